The monoisotopic (exact) mass is 493 g/mol. The Morgan fingerprint density at radius 1 is 1.21 bits per heavy atom. The molecule has 2 aliphatic rings. The lowest BCUT2D eigenvalue weighted by molar-refractivity contribution is -0.130. The van der Waals surface area contributed by atoms with Crippen LogP contribution in [0.5, 0.6) is 0 Å². The number of unbranched alkanes of at least 4 members (excludes halogenated alkanes) is 1. The van der Waals surface area contributed by atoms with E-state index in [-0.39, 0.29) is 22.3 Å². The Bertz CT molecular complexity index is 877. The minimum Gasteiger partial charge on any atom is -0.384 e. The molecule has 0 bridgehead atoms. The van der Waals surface area contributed by atoms with Crippen LogP contribution in [-0.4, -0.2) is 86.0 Å². The first-order valence-corrected chi connectivity index (χ1v) is 12.6. The van der Waals surface area contributed by atoms with Crippen LogP contribution in [0.15, 0.2) is 24.3 Å². The molecule has 1 atom stereocenters. The summed E-state index contributed by atoms with van der Waals surface area (Å²) in [6, 6.07) is 4.33. The summed E-state index contributed by atoms with van der Waals surface area (Å²) in [5.74, 6) is -0.536. The van der Waals surface area contributed by atoms with Gasteiger partial charge in [-0.15, -0.1) is 0 Å². The zero-order valence-electron chi connectivity index (χ0n) is 20.4. The number of rotatable bonds is 9. The first kappa shape index (κ1) is 26.6. The fourth-order valence-electron chi connectivity index (χ4n) is 4.94. The number of methoxy groups -OCH3 is 1. The summed E-state index contributed by atoms with van der Waals surface area (Å²) in [6.07, 6.45) is 7.85. The first-order valence-electron chi connectivity index (χ1n) is 12.2. The van der Waals surface area contributed by atoms with E-state index in [0.29, 0.717) is 31.6 Å². The molecule has 2 amide bonds. The summed E-state index contributed by atoms with van der Waals surface area (Å²) in [7, 11) is 1.77. The largest absolute Gasteiger partial charge is 0.384 e. The molecule has 1 aromatic carbocycles. The van der Waals surface area contributed by atoms with Crippen molar-refractivity contribution < 1.29 is 18.7 Å². The number of piperidine rings is 1. The maximum Gasteiger partial charge on any atom is 0.246 e. The molecule has 2 saturated heterocycles. The van der Waals surface area contributed by atoms with Crippen molar-refractivity contribution in [3.8, 4) is 0 Å². The van der Waals surface area contributed by atoms with Gasteiger partial charge in [0.1, 0.15) is 5.82 Å². The smallest absolute Gasteiger partial charge is 0.246 e. The standard InChI is InChI=1S/C26H37ClFN3O3/c1-26(20-34-2)11-5-13-29(19-26)12-3-4-14-30-16-17-31(15-10-25(30)33)24(32)9-7-21-6-8-23(28)22(27)18-21/h6-9,18H,3-5,10-17,19-20H2,1-2H3. The number of halogens is 2. The van der Waals surface area contributed by atoms with Crippen molar-refractivity contribution in [1.29, 1.82) is 0 Å². The third-order valence-corrected chi connectivity index (χ3v) is 7.06. The number of likely N-dealkylation sites (tertiary alicyclic amines) is 1. The van der Waals surface area contributed by atoms with E-state index in [4.69, 9.17) is 16.3 Å². The van der Waals surface area contributed by atoms with Crippen molar-refractivity contribution in [3.05, 3.63) is 40.7 Å². The average Bonchev–Trinajstić information content (AvgIpc) is 2.99. The van der Waals surface area contributed by atoms with Crippen LogP contribution < -0.4 is 0 Å². The second-order valence-electron chi connectivity index (χ2n) is 9.79. The molecular formula is C26H37ClFN3O3. The molecule has 2 heterocycles. The van der Waals surface area contributed by atoms with Gasteiger partial charge < -0.3 is 19.4 Å². The number of hydrogen-bond donors (Lipinski definition) is 0. The zero-order valence-corrected chi connectivity index (χ0v) is 21.2. The van der Waals surface area contributed by atoms with E-state index in [1.807, 2.05) is 4.90 Å². The summed E-state index contributed by atoms with van der Waals surface area (Å²) < 4.78 is 18.7. The van der Waals surface area contributed by atoms with Crippen LogP contribution in [0, 0.1) is 11.2 Å². The molecule has 6 nitrogen and oxygen atoms in total. The van der Waals surface area contributed by atoms with Gasteiger partial charge in [-0.1, -0.05) is 24.6 Å². The number of carbonyl (C=O) groups is 2. The summed E-state index contributed by atoms with van der Waals surface area (Å²) in [5, 5.41) is 0.0230. The van der Waals surface area contributed by atoms with Gasteiger partial charge in [0.25, 0.3) is 0 Å². The van der Waals surface area contributed by atoms with Crippen molar-refractivity contribution in [2.75, 3.05) is 59.5 Å². The highest BCUT2D eigenvalue weighted by molar-refractivity contribution is 6.30. The summed E-state index contributed by atoms with van der Waals surface area (Å²) >= 11 is 5.80. The summed E-state index contributed by atoms with van der Waals surface area (Å²) in [5.41, 5.74) is 0.893. The first-order chi connectivity index (χ1) is 16.3. The molecular weight excluding hydrogens is 457 g/mol. The minimum atomic E-state index is -0.489. The van der Waals surface area contributed by atoms with E-state index in [1.165, 1.54) is 31.1 Å². The maximum atomic E-state index is 13.3. The fraction of sp³-hybridized carbons (Fsp3) is 0.615. The lowest BCUT2D eigenvalue weighted by Crippen LogP contribution is -2.44. The average molecular weight is 494 g/mol. The Kier molecular flexibility index (Phi) is 9.92. The van der Waals surface area contributed by atoms with Gasteiger partial charge >= 0.3 is 0 Å². The van der Waals surface area contributed by atoms with Gasteiger partial charge in [0, 0.05) is 57.7 Å². The Morgan fingerprint density at radius 2 is 2.00 bits per heavy atom. The molecule has 1 aromatic rings. The second-order valence-corrected chi connectivity index (χ2v) is 10.2. The molecule has 188 valence electrons. The third-order valence-electron chi connectivity index (χ3n) is 6.77. The Hall–Kier alpha value is -1.96. The van der Waals surface area contributed by atoms with Crippen molar-refractivity contribution in [1.82, 2.24) is 14.7 Å². The van der Waals surface area contributed by atoms with Crippen molar-refractivity contribution in [2.24, 2.45) is 5.41 Å². The molecule has 0 aromatic heterocycles. The number of carbonyl (C=O) groups excluding carboxylic acids is 2. The van der Waals surface area contributed by atoms with Crippen LogP contribution in [0.3, 0.4) is 0 Å². The van der Waals surface area contributed by atoms with Crippen molar-refractivity contribution >= 4 is 29.5 Å². The SMILES string of the molecule is COCC1(C)CCCN(CCCCN2CCN(C(=O)C=Cc3ccc(F)c(Cl)c3)CCC2=O)C1. The van der Waals surface area contributed by atoms with Crippen LogP contribution >= 0.6 is 11.6 Å². The molecule has 0 N–H and O–H groups in total. The molecule has 8 heteroatoms. The predicted molar refractivity (Wildman–Crippen MR) is 133 cm³/mol. The van der Waals surface area contributed by atoms with Crippen molar-refractivity contribution in [2.45, 2.75) is 39.0 Å². The van der Waals surface area contributed by atoms with E-state index in [0.717, 1.165) is 45.6 Å². The molecule has 0 saturated carbocycles. The second kappa shape index (κ2) is 12.7. The van der Waals surface area contributed by atoms with E-state index < -0.39 is 5.82 Å². The minimum absolute atomic E-state index is 0.0230. The zero-order chi connectivity index (χ0) is 24.6. The van der Waals surface area contributed by atoms with Gasteiger partial charge in [0.05, 0.1) is 11.6 Å². The van der Waals surface area contributed by atoms with Gasteiger partial charge in [-0.2, -0.15) is 0 Å². The van der Waals surface area contributed by atoms with Gasteiger partial charge in [-0.3, -0.25) is 9.59 Å². The number of hydrogen-bond acceptors (Lipinski definition) is 4. The molecule has 2 aliphatic heterocycles. The van der Waals surface area contributed by atoms with E-state index >= 15 is 0 Å². The highest BCUT2D eigenvalue weighted by Crippen LogP contribution is 2.29. The number of benzene rings is 1. The summed E-state index contributed by atoms with van der Waals surface area (Å²) in [4.78, 5) is 31.3. The summed E-state index contributed by atoms with van der Waals surface area (Å²) in [6.45, 7) is 8.56. The molecule has 3 rings (SSSR count). The predicted octanol–water partition coefficient (Wildman–Crippen LogP) is 4.08. The highest BCUT2D eigenvalue weighted by atomic mass is 35.5. The van der Waals surface area contributed by atoms with E-state index in [9.17, 15) is 14.0 Å². The Balaban J connectivity index is 1.41. The normalized spacial score (nSPS) is 22.4. The van der Waals surface area contributed by atoms with E-state index in [2.05, 4.69) is 11.8 Å². The number of ether oxygens (including phenoxy) is 1. The maximum absolute atomic E-state index is 13.3. The topological polar surface area (TPSA) is 53.1 Å². The Morgan fingerprint density at radius 3 is 2.76 bits per heavy atom. The highest BCUT2D eigenvalue weighted by Gasteiger charge is 2.30. The molecule has 34 heavy (non-hydrogen) atoms. The Labute approximate surface area is 207 Å². The third kappa shape index (κ3) is 7.79. The molecule has 0 radical (unpaired) electrons. The van der Waals surface area contributed by atoms with Crippen LogP contribution in [0.1, 0.15) is 44.6 Å². The molecule has 0 spiro atoms. The van der Waals surface area contributed by atoms with Gasteiger partial charge in [0.15, 0.2) is 0 Å². The van der Waals surface area contributed by atoms with Crippen LogP contribution in [0.2, 0.25) is 5.02 Å². The quantitative estimate of drug-likeness (QED) is 0.384. The number of amides is 2. The fourth-order valence-corrected chi connectivity index (χ4v) is 5.12. The van der Waals surface area contributed by atoms with Gasteiger partial charge in [-0.25, -0.2) is 4.39 Å². The molecule has 1 unspecified atom stereocenters. The van der Waals surface area contributed by atoms with Crippen LogP contribution in [0.25, 0.3) is 6.08 Å². The lowest BCUT2D eigenvalue weighted by Gasteiger charge is -2.40. The van der Waals surface area contributed by atoms with Gasteiger partial charge in [0.2, 0.25) is 11.8 Å². The van der Waals surface area contributed by atoms with E-state index in [1.54, 1.807) is 24.2 Å². The van der Waals surface area contributed by atoms with Crippen molar-refractivity contribution in [3.63, 3.8) is 0 Å². The van der Waals surface area contributed by atoms with Crippen LogP contribution in [0.4, 0.5) is 4.39 Å². The lowest BCUT2D eigenvalue weighted by atomic mass is 9.82. The molecule has 0 aliphatic carbocycles. The molecule has 2 fully saturated rings. The van der Waals surface area contributed by atoms with Gasteiger partial charge in [-0.05, 0) is 62.5 Å². The van der Waals surface area contributed by atoms with Crippen LogP contribution in [-0.2, 0) is 14.3 Å². The number of nitrogens with zero attached hydrogens (tertiary/aromatic N) is 3.